The molecule has 9 nitrogen and oxygen atoms in total. The van der Waals surface area contributed by atoms with E-state index in [2.05, 4.69) is 33.3 Å². The van der Waals surface area contributed by atoms with E-state index in [0.717, 1.165) is 29.3 Å². The molecular formula is C28H28ClN7O2. The van der Waals surface area contributed by atoms with Gasteiger partial charge in [-0.15, -0.1) is 0 Å². The number of piperidine rings is 1. The van der Waals surface area contributed by atoms with Gasteiger partial charge in [0.2, 0.25) is 0 Å². The number of ether oxygens (including phenoxy) is 1. The van der Waals surface area contributed by atoms with Crippen LogP contribution in [0.4, 0.5) is 11.6 Å². The van der Waals surface area contributed by atoms with Crippen LogP contribution in [0.25, 0.3) is 16.6 Å². The van der Waals surface area contributed by atoms with Gasteiger partial charge in [-0.1, -0.05) is 18.5 Å². The smallest absolute Gasteiger partial charge is 0.144 e. The molecule has 0 amide bonds. The Morgan fingerprint density at radius 2 is 2.11 bits per heavy atom. The molecule has 2 aliphatic rings. The van der Waals surface area contributed by atoms with Crippen molar-refractivity contribution >= 4 is 28.8 Å². The van der Waals surface area contributed by atoms with E-state index in [1.54, 1.807) is 37.0 Å². The van der Waals surface area contributed by atoms with Gasteiger partial charge in [0.25, 0.3) is 0 Å². The fourth-order valence-electron chi connectivity index (χ4n) is 5.59. The molecule has 4 aromatic rings. The number of pyridine rings is 3. The van der Waals surface area contributed by atoms with Gasteiger partial charge >= 0.3 is 0 Å². The summed E-state index contributed by atoms with van der Waals surface area (Å²) >= 11 is 6.30. The SMILES string of the molecule is C[C@@H]1C2[C@@H](CN2c2ccc(-c3cc(OCC(C)(C)O)cn4ncc(C#N)c34)cn2)[C@H]1Nc1ncccc1Cl. The summed E-state index contributed by atoms with van der Waals surface area (Å²) < 4.78 is 7.47. The van der Waals surface area contributed by atoms with Crippen molar-refractivity contribution in [1.82, 2.24) is 19.6 Å². The lowest BCUT2D eigenvalue weighted by atomic mass is 9.59. The monoisotopic (exact) mass is 529 g/mol. The van der Waals surface area contributed by atoms with Gasteiger partial charge in [-0.05, 0) is 50.1 Å². The van der Waals surface area contributed by atoms with E-state index in [1.165, 1.54) is 0 Å². The number of hydrogen-bond donors (Lipinski definition) is 2. The van der Waals surface area contributed by atoms with E-state index in [4.69, 9.17) is 21.3 Å². The number of hydrogen-bond acceptors (Lipinski definition) is 8. The summed E-state index contributed by atoms with van der Waals surface area (Å²) in [4.78, 5) is 11.5. The molecule has 1 aliphatic heterocycles. The van der Waals surface area contributed by atoms with Crippen LogP contribution >= 0.6 is 11.6 Å². The van der Waals surface area contributed by atoms with Crippen molar-refractivity contribution in [2.24, 2.45) is 11.8 Å². The Hall–Kier alpha value is -3.87. The standard InChI is InChI=1S/C28H28ClN7O2/c1-16-24(34-27-22(29)5-4-8-31-27)21-14-35(25(16)21)23-7-6-17(11-32-23)20-9-19(38-15-28(2,3)37)13-36-26(20)18(10-30)12-33-36/h4-9,11-13,16,21,24-25,37H,14-15H2,1-3H3,(H,31,34)/t16-,21-,24-,25?/m0/s1. The number of fused-ring (bicyclic) bond motifs is 2. The first-order chi connectivity index (χ1) is 18.2. The van der Waals surface area contributed by atoms with Crippen molar-refractivity contribution in [2.75, 3.05) is 23.4 Å². The molecule has 2 fully saturated rings. The molecule has 0 spiro atoms. The molecule has 5 heterocycles. The first-order valence-electron chi connectivity index (χ1n) is 12.6. The van der Waals surface area contributed by atoms with Gasteiger partial charge in [0, 0.05) is 48.1 Å². The van der Waals surface area contributed by atoms with Crippen molar-refractivity contribution < 1.29 is 9.84 Å². The minimum absolute atomic E-state index is 0.125. The lowest BCUT2D eigenvalue weighted by Gasteiger charge is -2.64. The number of nitriles is 1. The second-order valence-electron chi connectivity index (χ2n) is 10.7. The maximum absolute atomic E-state index is 10.1. The molecule has 10 heteroatoms. The third-order valence-electron chi connectivity index (χ3n) is 7.49. The van der Waals surface area contributed by atoms with E-state index in [0.29, 0.717) is 45.8 Å². The Labute approximate surface area is 225 Å². The lowest BCUT2D eigenvalue weighted by molar-refractivity contribution is 0.0283. The van der Waals surface area contributed by atoms with Gasteiger partial charge < -0.3 is 20.1 Å². The number of aliphatic hydroxyl groups is 1. The zero-order valence-electron chi connectivity index (χ0n) is 21.3. The van der Waals surface area contributed by atoms with Crippen molar-refractivity contribution in [3.05, 3.63) is 65.7 Å². The van der Waals surface area contributed by atoms with Crippen molar-refractivity contribution in [1.29, 1.82) is 5.26 Å². The maximum atomic E-state index is 10.1. The number of halogens is 1. The van der Waals surface area contributed by atoms with Crippen molar-refractivity contribution in [2.45, 2.75) is 38.5 Å². The number of aromatic nitrogens is 4. The average molecular weight is 530 g/mol. The highest BCUT2D eigenvalue weighted by Crippen LogP contribution is 2.49. The second kappa shape index (κ2) is 9.15. The number of rotatable bonds is 7. The summed E-state index contributed by atoms with van der Waals surface area (Å²) in [7, 11) is 0. The molecule has 1 unspecified atom stereocenters. The van der Waals surface area contributed by atoms with Crippen LogP contribution < -0.4 is 15.0 Å². The summed E-state index contributed by atoms with van der Waals surface area (Å²) in [6, 6.07) is 12.6. The van der Waals surface area contributed by atoms with Crippen molar-refractivity contribution in [3.8, 4) is 22.9 Å². The third kappa shape index (κ3) is 4.20. The van der Waals surface area contributed by atoms with Crippen LogP contribution in [0.1, 0.15) is 26.3 Å². The summed E-state index contributed by atoms with van der Waals surface area (Å²) in [5, 5.41) is 28.2. The lowest BCUT2D eigenvalue weighted by Crippen LogP contribution is -2.76. The predicted octanol–water partition coefficient (Wildman–Crippen LogP) is 4.40. The number of anilines is 2. The molecular weight excluding hydrogens is 502 g/mol. The Balaban J connectivity index is 1.22. The number of nitrogens with one attached hydrogen (secondary N) is 1. The van der Waals surface area contributed by atoms with E-state index in [9.17, 15) is 10.4 Å². The highest BCUT2D eigenvalue weighted by atomic mass is 35.5. The van der Waals surface area contributed by atoms with Crippen LogP contribution in [-0.2, 0) is 0 Å². The molecule has 0 radical (unpaired) electrons. The molecule has 1 aliphatic carbocycles. The molecule has 4 atom stereocenters. The summed E-state index contributed by atoms with van der Waals surface area (Å²) in [5.74, 6) is 3.14. The second-order valence-corrected chi connectivity index (χ2v) is 11.1. The Morgan fingerprint density at radius 1 is 1.26 bits per heavy atom. The zero-order valence-corrected chi connectivity index (χ0v) is 22.1. The van der Waals surface area contributed by atoms with Gasteiger partial charge in [-0.3, -0.25) is 0 Å². The minimum Gasteiger partial charge on any atom is -0.489 e. The first-order valence-corrected chi connectivity index (χ1v) is 13.0. The van der Waals surface area contributed by atoms with Crippen LogP contribution in [0.2, 0.25) is 5.02 Å². The highest BCUT2D eigenvalue weighted by Gasteiger charge is 2.58. The van der Waals surface area contributed by atoms with E-state index in [1.807, 2.05) is 36.5 Å². The Bertz CT molecular complexity index is 1530. The molecule has 4 aromatic heterocycles. The zero-order chi connectivity index (χ0) is 26.6. The van der Waals surface area contributed by atoms with Crippen molar-refractivity contribution in [3.63, 3.8) is 0 Å². The summed E-state index contributed by atoms with van der Waals surface area (Å²) in [6.45, 7) is 6.65. The predicted molar refractivity (Wildman–Crippen MR) is 145 cm³/mol. The first kappa shape index (κ1) is 24.5. The van der Waals surface area contributed by atoms with Crippen LogP contribution in [0, 0.1) is 23.2 Å². The van der Waals surface area contributed by atoms with Gasteiger partial charge in [-0.2, -0.15) is 10.4 Å². The van der Waals surface area contributed by atoms with Gasteiger partial charge in [0.1, 0.15) is 30.1 Å². The maximum Gasteiger partial charge on any atom is 0.144 e. The minimum atomic E-state index is -0.980. The molecule has 1 saturated carbocycles. The fraction of sp³-hybridized carbons (Fsp3) is 0.357. The molecule has 0 bridgehead atoms. The average Bonchev–Trinajstić information content (AvgIpc) is 3.30. The van der Waals surface area contributed by atoms with Crippen LogP contribution in [0.3, 0.4) is 0 Å². The van der Waals surface area contributed by atoms with E-state index >= 15 is 0 Å². The largest absolute Gasteiger partial charge is 0.489 e. The van der Waals surface area contributed by atoms with E-state index in [-0.39, 0.29) is 6.61 Å². The highest BCUT2D eigenvalue weighted by molar-refractivity contribution is 6.32. The van der Waals surface area contributed by atoms with Gasteiger partial charge in [0.05, 0.1) is 34.1 Å². The molecule has 6 rings (SSSR count). The van der Waals surface area contributed by atoms with Crippen LogP contribution in [0.15, 0.2) is 55.1 Å². The quantitative estimate of drug-likeness (QED) is 0.362. The Kier molecular flexibility index (Phi) is 5.89. The van der Waals surface area contributed by atoms with Gasteiger partial charge in [0.15, 0.2) is 0 Å². The van der Waals surface area contributed by atoms with E-state index < -0.39 is 5.60 Å². The van der Waals surface area contributed by atoms with Crippen LogP contribution in [-0.4, -0.2) is 55.5 Å². The molecule has 2 N–H and O–H groups in total. The summed E-state index contributed by atoms with van der Waals surface area (Å²) in [5.41, 5.74) is 1.83. The van der Waals surface area contributed by atoms with Gasteiger partial charge in [-0.25, -0.2) is 14.5 Å². The molecule has 194 valence electrons. The topological polar surface area (TPSA) is 112 Å². The Morgan fingerprint density at radius 3 is 2.79 bits per heavy atom. The van der Waals surface area contributed by atoms with Crippen LogP contribution in [0.5, 0.6) is 5.75 Å². The summed E-state index contributed by atoms with van der Waals surface area (Å²) in [6.07, 6.45) is 6.84. The molecule has 1 saturated heterocycles. The molecule has 0 aromatic carbocycles. The fourth-order valence-corrected chi connectivity index (χ4v) is 5.77. The number of nitrogens with zero attached hydrogens (tertiary/aromatic N) is 6. The normalized spacial score (nSPS) is 22.3. The third-order valence-corrected chi connectivity index (χ3v) is 7.79. The molecule has 38 heavy (non-hydrogen) atoms.